The Kier molecular flexibility index (Phi) is 3.69. The number of rotatable bonds is 4. The number of anilines is 1. The van der Waals surface area contributed by atoms with Crippen LogP contribution < -0.4 is 4.90 Å². The molecule has 26 heavy (non-hydrogen) atoms. The van der Waals surface area contributed by atoms with E-state index in [9.17, 15) is 4.79 Å². The van der Waals surface area contributed by atoms with E-state index in [1.165, 1.54) is 12.8 Å². The number of nitrogens with zero attached hydrogens (tertiary/aromatic N) is 6. The van der Waals surface area contributed by atoms with E-state index in [1.807, 2.05) is 28.6 Å². The number of carbonyl (C=O) groups excluding carboxylic acids is 1. The van der Waals surface area contributed by atoms with Gasteiger partial charge in [-0.2, -0.15) is 4.52 Å². The molecule has 1 saturated carbocycles. The number of hydrogen-bond donors (Lipinski definition) is 0. The van der Waals surface area contributed by atoms with Crippen molar-refractivity contribution in [1.29, 1.82) is 0 Å². The SMILES string of the molecule is CN(C(=O)C1CC=CCC1)C1CN(c2ccc3nnc(C4CC4)n3n2)C1. The van der Waals surface area contributed by atoms with Crippen LogP contribution in [0, 0.1) is 5.92 Å². The summed E-state index contributed by atoms with van der Waals surface area (Å²) < 4.78 is 1.89. The normalized spacial score (nSPS) is 23.3. The molecule has 2 aliphatic carbocycles. The quantitative estimate of drug-likeness (QED) is 0.788. The number of allylic oxidation sites excluding steroid dienone is 2. The second kappa shape index (κ2) is 6.07. The van der Waals surface area contributed by atoms with E-state index in [1.54, 1.807) is 0 Å². The molecule has 7 nitrogen and oxygen atoms in total. The van der Waals surface area contributed by atoms with E-state index >= 15 is 0 Å². The maximum Gasteiger partial charge on any atom is 0.226 e. The zero-order valence-electron chi connectivity index (χ0n) is 15.1. The van der Waals surface area contributed by atoms with Gasteiger partial charge in [-0.15, -0.1) is 15.3 Å². The molecule has 1 aliphatic heterocycles. The number of amides is 1. The molecule has 1 amide bonds. The molecule has 0 radical (unpaired) electrons. The monoisotopic (exact) mass is 352 g/mol. The second-order valence-corrected chi connectivity index (χ2v) is 7.78. The Hall–Kier alpha value is -2.44. The summed E-state index contributed by atoms with van der Waals surface area (Å²) in [6.45, 7) is 1.67. The van der Waals surface area contributed by atoms with Crippen molar-refractivity contribution in [3.63, 3.8) is 0 Å². The molecule has 0 aromatic carbocycles. The summed E-state index contributed by atoms with van der Waals surface area (Å²) in [5.41, 5.74) is 0.811. The average Bonchev–Trinajstić information content (AvgIpc) is 3.40. The first-order chi connectivity index (χ1) is 12.7. The van der Waals surface area contributed by atoms with Crippen LogP contribution in [0.15, 0.2) is 24.3 Å². The topological polar surface area (TPSA) is 66.6 Å². The van der Waals surface area contributed by atoms with Gasteiger partial charge in [0.05, 0.1) is 6.04 Å². The molecule has 1 saturated heterocycles. The Morgan fingerprint density at radius 1 is 1.15 bits per heavy atom. The highest BCUT2D eigenvalue weighted by atomic mass is 16.2. The van der Waals surface area contributed by atoms with Crippen molar-refractivity contribution >= 4 is 17.4 Å². The number of carbonyl (C=O) groups is 1. The van der Waals surface area contributed by atoms with Crippen molar-refractivity contribution in [2.24, 2.45) is 5.92 Å². The Balaban J connectivity index is 1.26. The molecular weight excluding hydrogens is 328 g/mol. The van der Waals surface area contributed by atoms with Crippen molar-refractivity contribution in [1.82, 2.24) is 24.7 Å². The van der Waals surface area contributed by atoms with Gasteiger partial charge in [-0.3, -0.25) is 4.79 Å². The van der Waals surface area contributed by atoms with Gasteiger partial charge in [0.2, 0.25) is 5.91 Å². The van der Waals surface area contributed by atoms with E-state index in [0.29, 0.717) is 5.92 Å². The Morgan fingerprint density at radius 2 is 2.00 bits per heavy atom. The van der Waals surface area contributed by atoms with Gasteiger partial charge < -0.3 is 9.80 Å². The van der Waals surface area contributed by atoms with Crippen LogP contribution in [0.1, 0.15) is 43.8 Å². The van der Waals surface area contributed by atoms with Gasteiger partial charge in [-0.05, 0) is 44.2 Å². The van der Waals surface area contributed by atoms with Gasteiger partial charge in [0.15, 0.2) is 11.5 Å². The van der Waals surface area contributed by atoms with E-state index in [-0.39, 0.29) is 17.9 Å². The van der Waals surface area contributed by atoms with Gasteiger partial charge in [0.1, 0.15) is 5.82 Å². The molecule has 2 aromatic heterocycles. The van der Waals surface area contributed by atoms with Crippen LogP contribution in [0.5, 0.6) is 0 Å². The predicted molar refractivity (Wildman–Crippen MR) is 98.0 cm³/mol. The molecular formula is C19H24N6O. The molecule has 0 bridgehead atoms. The Bertz CT molecular complexity index is 864. The first-order valence-corrected chi connectivity index (χ1v) is 9.59. The van der Waals surface area contributed by atoms with E-state index < -0.39 is 0 Å². The minimum Gasteiger partial charge on any atom is -0.351 e. The Morgan fingerprint density at radius 3 is 2.73 bits per heavy atom. The van der Waals surface area contributed by atoms with Gasteiger partial charge in [-0.25, -0.2) is 0 Å². The molecule has 7 heteroatoms. The van der Waals surface area contributed by atoms with Crippen LogP contribution in [-0.2, 0) is 4.79 Å². The van der Waals surface area contributed by atoms with Crippen molar-refractivity contribution in [2.75, 3.05) is 25.0 Å². The maximum absolute atomic E-state index is 12.7. The molecule has 0 spiro atoms. The summed E-state index contributed by atoms with van der Waals surface area (Å²) >= 11 is 0. The van der Waals surface area contributed by atoms with Crippen LogP contribution >= 0.6 is 0 Å². The number of likely N-dealkylation sites (N-methyl/N-ethyl adjacent to an activating group) is 1. The molecule has 3 heterocycles. The third kappa shape index (κ3) is 2.66. The standard InChI is InChI=1S/C19H24N6O/c1-23(19(26)14-5-3-2-4-6-14)15-11-24(12-15)17-10-9-16-20-21-18(13-7-8-13)25(16)22-17/h2-3,9-10,13-15H,4-8,11-12H2,1H3. The van der Waals surface area contributed by atoms with Crippen LogP contribution in [0.25, 0.3) is 5.65 Å². The fourth-order valence-corrected chi connectivity index (χ4v) is 3.93. The number of aromatic nitrogens is 4. The highest BCUT2D eigenvalue weighted by Gasteiger charge is 2.36. The van der Waals surface area contributed by atoms with Crippen molar-refractivity contribution in [3.8, 4) is 0 Å². The molecule has 136 valence electrons. The zero-order chi connectivity index (χ0) is 17.7. The smallest absolute Gasteiger partial charge is 0.226 e. The molecule has 5 rings (SSSR count). The maximum atomic E-state index is 12.7. The minimum atomic E-state index is 0.159. The lowest BCUT2D eigenvalue weighted by atomic mass is 9.92. The van der Waals surface area contributed by atoms with E-state index in [4.69, 9.17) is 5.10 Å². The van der Waals surface area contributed by atoms with Crippen LogP contribution in [-0.4, -0.2) is 56.8 Å². The molecule has 1 atom stereocenters. The fourth-order valence-electron chi connectivity index (χ4n) is 3.93. The summed E-state index contributed by atoms with van der Waals surface area (Å²) in [6, 6.07) is 4.26. The van der Waals surface area contributed by atoms with Crippen molar-refractivity contribution in [3.05, 3.63) is 30.1 Å². The van der Waals surface area contributed by atoms with Crippen molar-refractivity contribution < 1.29 is 4.79 Å². The fraction of sp³-hybridized carbons (Fsp3) is 0.579. The Labute approximate surface area is 152 Å². The van der Waals surface area contributed by atoms with Gasteiger partial charge in [-0.1, -0.05) is 12.2 Å². The minimum absolute atomic E-state index is 0.159. The third-order valence-corrected chi connectivity index (χ3v) is 5.92. The van der Waals surface area contributed by atoms with Crippen LogP contribution in [0.4, 0.5) is 5.82 Å². The third-order valence-electron chi connectivity index (χ3n) is 5.92. The highest BCUT2D eigenvalue weighted by molar-refractivity contribution is 5.79. The summed E-state index contributed by atoms with van der Waals surface area (Å²) in [6.07, 6.45) is 9.57. The second-order valence-electron chi connectivity index (χ2n) is 7.78. The summed E-state index contributed by atoms with van der Waals surface area (Å²) in [5.74, 6) is 2.89. The highest BCUT2D eigenvalue weighted by Crippen LogP contribution is 2.39. The number of hydrogen-bond acceptors (Lipinski definition) is 5. The van der Waals surface area contributed by atoms with Gasteiger partial charge in [0, 0.05) is 32.0 Å². The summed E-state index contributed by atoms with van der Waals surface area (Å²) in [5, 5.41) is 13.3. The van der Waals surface area contributed by atoms with Crippen LogP contribution in [0.3, 0.4) is 0 Å². The molecule has 1 unspecified atom stereocenters. The van der Waals surface area contributed by atoms with Crippen molar-refractivity contribution in [2.45, 2.75) is 44.1 Å². The molecule has 2 fully saturated rings. The van der Waals surface area contributed by atoms with E-state index in [0.717, 1.165) is 49.6 Å². The first-order valence-electron chi connectivity index (χ1n) is 9.59. The lowest BCUT2D eigenvalue weighted by molar-refractivity contribution is -0.137. The zero-order valence-corrected chi connectivity index (χ0v) is 15.1. The lowest BCUT2D eigenvalue weighted by Crippen LogP contribution is -2.61. The van der Waals surface area contributed by atoms with E-state index in [2.05, 4.69) is 27.2 Å². The largest absolute Gasteiger partial charge is 0.351 e. The number of fused-ring (bicyclic) bond motifs is 1. The molecule has 0 N–H and O–H groups in total. The summed E-state index contributed by atoms with van der Waals surface area (Å²) in [7, 11) is 1.95. The summed E-state index contributed by atoms with van der Waals surface area (Å²) in [4.78, 5) is 16.9. The first kappa shape index (κ1) is 15.8. The average molecular weight is 352 g/mol. The van der Waals surface area contributed by atoms with Gasteiger partial charge >= 0.3 is 0 Å². The van der Waals surface area contributed by atoms with Crippen LogP contribution in [0.2, 0.25) is 0 Å². The lowest BCUT2D eigenvalue weighted by Gasteiger charge is -2.45. The molecule has 2 aromatic rings. The van der Waals surface area contributed by atoms with Gasteiger partial charge in [0.25, 0.3) is 0 Å². The molecule has 3 aliphatic rings. The predicted octanol–water partition coefficient (Wildman–Crippen LogP) is 2.00.